The number of amides is 1. The van der Waals surface area contributed by atoms with Crippen molar-refractivity contribution in [3.63, 3.8) is 0 Å². The summed E-state index contributed by atoms with van der Waals surface area (Å²) in [5.41, 5.74) is 4.38. The van der Waals surface area contributed by atoms with Crippen molar-refractivity contribution in [3.8, 4) is 23.3 Å². The van der Waals surface area contributed by atoms with Gasteiger partial charge in [-0.05, 0) is 59.9 Å². The average molecular weight is 398 g/mol. The third-order valence-electron chi connectivity index (χ3n) is 5.12. The third kappa shape index (κ3) is 4.13. The van der Waals surface area contributed by atoms with Crippen molar-refractivity contribution in [1.29, 1.82) is 0 Å². The minimum Gasteiger partial charge on any atom is -0.493 e. The van der Waals surface area contributed by atoms with E-state index >= 15 is 0 Å². The predicted octanol–water partition coefficient (Wildman–Crippen LogP) is 3.70. The van der Waals surface area contributed by atoms with Crippen LogP contribution in [0.25, 0.3) is 0 Å². The van der Waals surface area contributed by atoms with Gasteiger partial charge in [0.2, 0.25) is 0 Å². The molecule has 0 aliphatic carbocycles. The molecule has 0 radical (unpaired) electrons. The molecule has 2 aromatic carbocycles. The number of rotatable bonds is 3. The number of pyridine rings is 1. The molecule has 4 rings (SSSR count). The van der Waals surface area contributed by atoms with Crippen molar-refractivity contribution < 1.29 is 14.3 Å². The molecule has 0 saturated heterocycles. The van der Waals surface area contributed by atoms with Gasteiger partial charge in [-0.1, -0.05) is 24.1 Å². The van der Waals surface area contributed by atoms with Crippen molar-refractivity contribution in [2.24, 2.45) is 0 Å². The molecule has 2 heterocycles. The van der Waals surface area contributed by atoms with Gasteiger partial charge in [0.1, 0.15) is 5.69 Å². The summed E-state index contributed by atoms with van der Waals surface area (Å²) in [6, 6.07) is 17.3. The molecule has 0 unspecified atom stereocenters. The van der Waals surface area contributed by atoms with Crippen LogP contribution in [0.4, 0.5) is 0 Å². The normalized spacial score (nSPS) is 12.4. The highest BCUT2D eigenvalue weighted by Gasteiger charge is 2.23. The monoisotopic (exact) mass is 398 g/mol. The van der Waals surface area contributed by atoms with Crippen LogP contribution in [0.15, 0.2) is 60.8 Å². The molecular formula is C25H22N2O3. The Morgan fingerprint density at radius 1 is 0.967 bits per heavy atom. The van der Waals surface area contributed by atoms with E-state index in [9.17, 15) is 4.79 Å². The fraction of sp³-hybridized carbons (Fsp3) is 0.200. The fourth-order valence-corrected chi connectivity index (χ4v) is 3.49. The number of hydrogen-bond acceptors (Lipinski definition) is 4. The van der Waals surface area contributed by atoms with Gasteiger partial charge in [0.25, 0.3) is 5.91 Å². The molecule has 5 heteroatoms. The third-order valence-corrected chi connectivity index (χ3v) is 5.12. The zero-order chi connectivity index (χ0) is 20.9. The SMILES string of the molecule is COc1cc2c(cc1OC)CN(C(=O)c1ccc(C#Cc3ccccc3)nc1)CC2. The number of ether oxygens (including phenoxy) is 2. The Balaban J connectivity index is 1.48. The average Bonchev–Trinajstić information content (AvgIpc) is 2.82. The molecule has 3 aromatic rings. The molecule has 30 heavy (non-hydrogen) atoms. The molecule has 150 valence electrons. The van der Waals surface area contributed by atoms with Crippen molar-refractivity contribution >= 4 is 5.91 Å². The fourth-order valence-electron chi connectivity index (χ4n) is 3.49. The second-order valence-corrected chi connectivity index (χ2v) is 7.00. The molecule has 1 aliphatic rings. The molecule has 0 atom stereocenters. The summed E-state index contributed by atoms with van der Waals surface area (Å²) in [4.78, 5) is 19.2. The van der Waals surface area contributed by atoms with E-state index in [4.69, 9.17) is 9.47 Å². The quantitative estimate of drug-likeness (QED) is 0.632. The molecule has 0 saturated carbocycles. The van der Waals surface area contributed by atoms with Gasteiger partial charge < -0.3 is 14.4 Å². The van der Waals surface area contributed by atoms with Crippen LogP contribution < -0.4 is 9.47 Å². The Hall–Kier alpha value is -3.78. The Bertz CT molecular complexity index is 1110. The Labute approximate surface area is 176 Å². The molecular weight excluding hydrogens is 376 g/mol. The molecule has 1 aromatic heterocycles. The maximum Gasteiger partial charge on any atom is 0.255 e. The summed E-state index contributed by atoms with van der Waals surface area (Å²) in [7, 11) is 3.24. The Kier molecular flexibility index (Phi) is 5.67. The molecule has 0 N–H and O–H groups in total. The Morgan fingerprint density at radius 2 is 1.70 bits per heavy atom. The minimum absolute atomic E-state index is 0.0366. The van der Waals surface area contributed by atoms with Crippen LogP contribution in [0.2, 0.25) is 0 Å². The van der Waals surface area contributed by atoms with E-state index in [1.165, 1.54) is 5.56 Å². The van der Waals surface area contributed by atoms with E-state index in [-0.39, 0.29) is 5.91 Å². The van der Waals surface area contributed by atoms with E-state index in [0.29, 0.717) is 35.8 Å². The first-order chi connectivity index (χ1) is 14.7. The maximum absolute atomic E-state index is 13.0. The van der Waals surface area contributed by atoms with Gasteiger partial charge in [0.15, 0.2) is 11.5 Å². The molecule has 1 aliphatic heterocycles. The summed E-state index contributed by atoms with van der Waals surface area (Å²) in [6.07, 6.45) is 2.37. The highest BCUT2D eigenvalue weighted by molar-refractivity contribution is 5.94. The van der Waals surface area contributed by atoms with E-state index in [1.54, 1.807) is 32.5 Å². The van der Waals surface area contributed by atoms with Crippen LogP contribution in [0.1, 0.15) is 32.7 Å². The lowest BCUT2D eigenvalue weighted by Gasteiger charge is -2.29. The lowest BCUT2D eigenvalue weighted by molar-refractivity contribution is 0.0734. The Morgan fingerprint density at radius 3 is 2.37 bits per heavy atom. The largest absolute Gasteiger partial charge is 0.493 e. The van der Waals surface area contributed by atoms with Crippen molar-refractivity contribution in [1.82, 2.24) is 9.88 Å². The minimum atomic E-state index is -0.0366. The van der Waals surface area contributed by atoms with Gasteiger partial charge in [-0.3, -0.25) is 4.79 Å². The standard InChI is InChI=1S/C25H22N2O3/c1-29-23-14-19-12-13-27(17-21(19)15-24(23)30-2)25(28)20-9-11-22(26-16-20)10-8-18-6-4-3-5-7-18/h3-7,9,11,14-16H,12-13,17H2,1-2H3. The van der Waals surface area contributed by atoms with Crippen LogP contribution in [-0.4, -0.2) is 36.6 Å². The van der Waals surface area contributed by atoms with Crippen LogP contribution in [0.5, 0.6) is 11.5 Å². The van der Waals surface area contributed by atoms with Gasteiger partial charge in [0.05, 0.1) is 19.8 Å². The van der Waals surface area contributed by atoms with Crippen LogP contribution in [-0.2, 0) is 13.0 Å². The molecule has 0 spiro atoms. The predicted molar refractivity (Wildman–Crippen MR) is 115 cm³/mol. The van der Waals surface area contributed by atoms with E-state index in [0.717, 1.165) is 17.5 Å². The molecule has 0 bridgehead atoms. The first kappa shape index (κ1) is 19.5. The van der Waals surface area contributed by atoms with Crippen molar-refractivity contribution in [2.75, 3.05) is 20.8 Å². The van der Waals surface area contributed by atoms with E-state index in [1.807, 2.05) is 47.4 Å². The first-order valence-corrected chi connectivity index (χ1v) is 9.74. The van der Waals surface area contributed by atoms with Crippen molar-refractivity contribution in [3.05, 3.63) is 88.7 Å². The van der Waals surface area contributed by atoms with Gasteiger partial charge in [0, 0.05) is 24.8 Å². The number of carbonyl (C=O) groups excluding carboxylic acids is 1. The lowest BCUT2D eigenvalue weighted by atomic mass is 9.98. The zero-order valence-corrected chi connectivity index (χ0v) is 17.0. The number of fused-ring (bicyclic) bond motifs is 1. The number of benzene rings is 2. The number of hydrogen-bond donors (Lipinski definition) is 0. The van der Waals surface area contributed by atoms with Crippen LogP contribution in [0, 0.1) is 11.8 Å². The summed E-state index contributed by atoms with van der Waals surface area (Å²) in [5, 5.41) is 0. The smallest absolute Gasteiger partial charge is 0.255 e. The summed E-state index contributed by atoms with van der Waals surface area (Å²) >= 11 is 0. The highest BCUT2D eigenvalue weighted by atomic mass is 16.5. The number of methoxy groups -OCH3 is 2. The zero-order valence-electron chi connectivity index (χ0n) is 17.0. The summed E-state index contributed by atoms with van der Waals surface area (Å²) in [6.45, 7) is 1.18. The molecule has 5 nitrogen and oxygen atoms in total. The van der Waals surface area contributed by atoms with Crippen LogP contribution >= 0.6 is 0 Å². The topological polar surface area (TPSA) is 51.7 Å². The van der Waals surface area contributed by atoms with Gasteiger partial charge in [-0.2, -0.15) is 0 Å². The lowest BCUT2D eigenvalue weighted by Crippen LogP contribution is -2.36. The van der Waals surface area contributed by atoms with Crippen LogP contribution in [0.3, 0.4) is 0 Å². The van der Waals surface area contributed by atoms with E-state index in [2.05, 4.69) is 16.8 Å². The van der Waals surface area contributed by atoms with Gasteiger partial charge in [-0.25, -0.2) is 4.98 Å². The second kappa shape index (κ2) is 8.71. The summed E-state index contributed by atoms with van der Waals surface area (Å²) in [5.74, 6) is 7.46. The number of nitrogens with zero attached hydrogens (tertiary/aromatic N) is 2. The van der Waals surface area contributed by atoms with Crippen molar-refractivity contribution in [2.45, 2.75) is 13.0 Å². The molecule has 0 fully saturated rings. The van der Waals surface area contributed by atoms with E-state index < -0.39 is 0 Å². The number of aromatic nitrogens is 1. The highest BCUT2D eigenvalue weighted by Crippen LogP contribution is 2.33. The number of carbonyl (C=O) groups is 1. The first-order valence-electron chi connectivity index (χ1n) is 9.74. The van der Waals surface area contributed by atoms with Gasteiger partial charge in [-0.15, -0.1) is 0 Å². The maximum atomic E-state index is 13.0. The second-order valence-electron chi connectivity index (χ2n) is 7.00. The summed E-state index contributed by atoms with van der Waals surface area (Å²) < 4.78 is 10.8. The van der Waals surface area contributed by atoms with Gasteiger partial charge >= 0.3 is 0 Å². The molecule has 1 amide bonds.